The summed E-state index contributed by atoms with van der Waals surface area (Å²) >= 11 is 1.18. The molecule has 4 aliphatic heterocycles. The second-order valence-electron chi connectivity index (χ2n) is 12.1. The SMILES string of the molecule is COC(=O)N(OC(=O)[C@@H]1N2C(=O)[C@@H](CO)[C@H]2S(=O)(=O)C1(C)C)C(C(=O)NC1C(=O)N2[C@@H]1SC(C)(C)[C@@H]2C(=O)O)c1ccccc1. The third kappa shape index (κ3) is 4.63. The monoisotopic (exact) mass is 668 g/mol. The molecule has 0 saturated carbocycles. The van der Waals surface area contributed by atoms with Crippen molar-refractivity contribution in [2.45, 2.75) is 72.1 Å². The van der Waals surface area contributed by atoms with E-state index in [2.05, 4.69) is 5.32 Å². The highest BCUT2D eigenvalue weighted by Gasteiger charge is 2.72. The van der Waals surface area contributed by atoms with Gasteiger partial charge in [0.05, 0.1) is 19.6 Å². The van der Waals surface area contributed by atoms with Crippen molar-refractivity contribution in [3.05, 3.63) is 35.9 Å². The van der Waals surface area contributed by atoms with E-state index in [9.17, 15) is 47.4 Å². The number of rotatable bonds is 7. The van der Waals surface area contributed by atoms with Gasteiger partial charge in [-0.05, 0) is 33.3 Å². The van der Waals surface area contributed by atoms with E-state index in [1.165, 1.54) is 49.9 Å². The number of thioether (sulfide) groups is 1. The predicted octanol–water partition coefficient (Wildman–Crippen LogP) is -0.762. The molecule has 0 aromatic heterocycles. The number of hydrogen-bond acceptors (Lipinski definition) is 12. The van der Waals surface area contributed by atoms with Gasteiger partial charge in [0.1, 0.15) is 27.6 Å². The lowest BCUT2D eigenvalue weighted by Crippen LogP contribution is -2.71. The Hall–Kier alpha value is -3.90. The van der Waals surface area contributed by atoms with Gasteiger partial charge in [0, 0.05) is 4.75 Å². The number of benzene rings is 1. The molecule has 45 heavy (non-hydrogen) atoms. The van der Waals surface area contributed by atoms with Gasteiger partial charge < -0.3 is 34.9 Å². The van der Waals surface area contributed by atoms with E-state index in [1.807, 2.05) is 0 Å². The molecule has 4 amide bonds. The second kappa shape index (κ2) is 10.9. The molecule has 0 aliphatic carbocycles. The maximum Gasteiger partial charge on any atom is 0.444 e. The molecular formula is C27H32N4O12S2. The van der Waals surface area contributed by atoms with Gasteiger partial charge >= 0.3 is 18.0 Å². The minimum atomic E-state index is -4.21. The first-order valence-electron chi connectivity index (χ1n) is 13.8. The lowest BCUT2D eigenvalue weighted by molar-refractivity contribution is -0.202. The van der Waals surface area contributed by atoms with Crippen LogP contribution in [0, 0.1) is 5.92 Å². The zero-order chi connectivity index (χ0) is 33.4. The fraction of sp³-hybridized carbons (Fsp3) is 0.556. The van der Waals surface area contributed by atoms with Crippen LogP contribution in [0.1, 0.15) is 39.3 Å². The number of carbonyl (C=O) groups is 6. The van der Waals surface area contributed by atoms with E-state index in [4.69, 9.17) is 9.57 Å². The molecule has 4 heterocycles. The lowest BCUT2D eigenvalue weighted by Gasteiger charge is -2.44. The Kier molecular flexibility index (Phi) is 7.85. The lowest BCUT2D eigenvalue weighted by atomic mass is 9.92. The number of carboxylic acids is 1. The topological polar surface area (TPSA) is 217 Å². The van der Waals surface area contributed by atoms with Crippen molar-refractivity contribution in [2.24, 2.45) is 5.92 Å². The van der Waals surface area contributed by atoms with Gasteiger partial charge in [-0.3, -0.25) is 14.4 Å². The van der Waals surface area contributed by atoms with Crippen LogP contribution in [-0.4, -0.2) is 121 Å². The summed E-state index contributed by atoms with van der Waals surface area (Å²) in [5.41, 5.74) is 0.108. The predicted molar refractivity (Wildman–Crippen MR) is 153 cm³/mol. The number of aliphatic carboxylic acids is 1. The van der Waals surface area contributed by atoms with Gasteiger partial charge in [0.25, 0.3) is 5.91 Å². The third-order valence-corrected chi connectivity index (χ3v) is 13.2. The molecule has 4 aliphatic rings. The first kappa shape index (κ1) is 32.5. The summed E-state index contributed by atoms with van der Waals surface area (Å²) in [7, 11) is -3.26. The van der Waals surface area contributed by atoms with E-state index in [1.54, 1.807) is 19.9 Å². The first-order valence-corrected chi connectivity index (χ1v) is 16.2. The molecule has 18 heteroatoms. The molecule has 16 nitrogen and oxygen atoms in total. The van der Waals surface area contributed by atoms with E-state index in [0.29, 0.717) is 5.06 Å². The Balaban J connectivity index is 1.46. The number of ether oxygens (including phenoxy) is 1. The van der Waals surface area contributed by atoms with Gasteiger partial charge in [0.15, 0.2) is 21.9 Å². The molecule has 4 fully saturated rings. The number of aliphatic hydroxyl groups excluding tert-OH is 1. The number of hydrogen-bond donors (Lipinski definition) is 3. The minimum Gasteiger partial charge on any atom is -0.480 e. The first-order chi connectivity index (χ1) is 20.9. The Labute approximate surface area is 261 Å². The number of aliphatic hydroxyl groups is 1. The standard InChI is InChI=1S/C27H32N4O12S2/c1-26(2)16(23(36)37)29-20(35)14(21(29)44-26)28-18(33)15(12-9-7-6-8-10-12)31(25(39)42-5)43-24(38)17-27(3,4)45(40,41)22-13(11-32)19(34)30(17)22/h6-10,13-17,21-22,32H,11H2,1-5H3,(H,28,33)(H,36,37)/t13-,14?,15?,16+,17+,21-,22-/m1/s1. The molecule has 5 rings (SSSR count). The summed E-state index contributed by atoms with van der Waals surface area (Å²) in [5.74, 6) is -6.30. The van der Waals surface area contributed by atoms with Crippen LogP contribution < -0.4 is 5.32 Å². The van der Waals surface area contributed by atoms with Crippen LogP contribution >= 0.6 is 11.8 Å². The van der Waals surface area contributed by atoms with Gasteiger partial charge in [-0.1, -0.05) is 30.3 Å². The van der Waals surface area contributed by atoms with E-state index >= 15 is 0 Å². The highest BCUT2D eigenvalue weighted by Crippen LogP contribution is 2.51. The number of fused-ring (bicyclic) bond motifs is 2. The highest BCUT2D eigenvalue weighted by molar-refractivity contribution is 8.01. The average molecular weight is 669 g/mol. The second-order valence-corrected chi connectivity index (χ2v) is 16.5. The number of amides is 4. The number of methoxy groups -OCH3 is 1. The number of nitrogens with zero attached hydrogens (tertiary/aromatic N) is 3. The number of hydroxylamine groups is 2. The van der Waals surface area contributed by atoms with Crippen molar-refractivity contribution in [1.82, 2.24) is 20.2 Å². The molecule has 0 spiro atoms. The molecular weight excluding hydrogens is 636 g/mol. The van der Waals surface area contributed by atoms with Crippen LogP contribution in [0.4, 0.5) is 4.79 Å². The average Bonchev–Trinajstić information content (AvgIpc) is 3.31. The third-order valence-electron chi connectivity index (χ3n) is 8.71. The van der Waals surface area contributed by atoms with Crippen molar-refractivity contribution in [1.29, 1.82) is 0 Å². The summed E-state index contributed by atoms with van der Waals surface area (Å²) < 4.78 is 28.6. The number of β-lactam (4-membered cyclic amide) rings is 2. The molecule has 0 bridgehead atoms. The molecule has 1 aromatic carbocycles. The quantitative estimate of drug-likeness (QED) is 0.241. The summed E-state index contributed by atoms with van der Waals surface area (Å²) in [5, 5.41) is 19.9. The zero-order valence-electron chi connectivity index (χ0n) is 24.8. The smallest absolute Gasteiger partial charge is 0.444 e. The fourth-order valence-electron chi connectivity index (χ4n) is 6.40. The van der Waals surface area contributed by atoms with Crippen LogP contribution in [0.15, 0.2) is 30.3 Å². The molecule has 7 atom stereocenters. The van der Waals surface area contributed by atoms with Gasteiger partial charge in [-0.25, -0.2) is 22.8 Å². The van der Waals surface area contributed by atoms with Crippen LogP contribution in [0.3, 0.4) is 0 Å². The minimum absolute atomic E-state index is 0.108. The number of sulfone groups is 1. The Morgan fingerprint density at radius 3 is 2.22 bits per heavy atom. The summed E-state index contributed by atoms with van der Waals surface area (Å²) in [6, 6.07) is 1.69. The van der Waals surface area contributed by atoms with Crippen molar-refractivity contribution in [2.75, 3.05) is 13.7 Å². The van der Waals surface area contributed by atoms with E-state index in [-0.39, 0.29) is 5.56 Å². The van der Waals surface area contributed by atoms with E-state index < -0.39 is 103 Å². The largest absolute Gasteiger partial charge is 0.480 e. The number of carboxylic acid groups (broad SMARTS) is 1. The molecule has 244 valence electrons. The van der Waals surface area contributed by atoms with Crippen LogP contribution in [-0.2, 0) is 43.4 Å². The summed E-state index contributed by atoms with van der Waals surface area (Å²) in [4.78, 5) is 85.7. The van der Waals surface area contributed by atoms with Crippen molar-refractivity contribution in [3.63, 3.8) is 0 Å². The number of nitrogens with one attached hydrogen (secondary N) is 1. The van der Waals surface area contributed by atoms with Gasteiger partial charge in [-0.2, -0.15) is 0 Å². The van der Waals surface area contributed by atoms with Crippen LogP contribution in [0.2, 0.25) is 0 Å². The summed E-state index contributed by atoms with van der Waals surface area (Å²) in [6.07, 6.45) is -1.34. The molecule has 0 radical (unpaired) electrons. The maximum atomic E-state index is 13.9. The van der Waals surface area contributed by atoms with E-state index in [0.717, 1.165) is 16.9 Å². The molecule has 4 saturated heterocycles. The molecule has 1 aromatic rings. The Morgan fingerprint density at radius 1 is 1.04 bits per heavy atom. The van der Waals surface area contributed by atoms with Gasteiger partial charge in [-0.15, -0.1) is 16.8 Å². The van der Waals surface area contributed by atoms with Crippen molar-refractivity contribution in [3.8, 4) is 0 Å². The Bertz CT molecular complexity index is 1580. The Morgan fingerprint density at radius 2 is 1.67 bits per heavy atom. The van der Waals surface area contributed by atoms with Gasteiger partial charge in [0.2, 0.25) is 11.8 Å². The fourth-order valence-corrected chi connectivity index (χ4v) is 10.3. The zero-order valence-corrected chi connectivity index (χ0v) is 26.4. The molecule has 2 unspecified atom stereocenters. The van der Waals surface area contributed by atoms with Crippen molar-refractivity contribution >= 4 is 57.4 Å². The van der Waals surface area contributed by atoms with Crippen LogP contribution in [0.5, 0.6) is 0 Å². The number of carbonyl (C=O) groups excluding carboxylic acids is 5. The van der Waals surface area contributed by atoms with Crippen molar-refractivity contribution < 1.29 is 57.0 Å². The highest BCUT2D eigenvalue weighted by atomic mass is 32.2. The normalized spacial score (nSPS) is 30.6. The summed E-state index contributed by atoms with van der Waals surface area (Å²) in [6.45, 7) is 4.97. The van der Waals surface area contributed by atoms with Crippen LogP contribution in [0.25, 0.3) is 0 Å². The maximum absolute atomic E-state index is 13.9. The molecule has 3 N–H and O–H groups in total.